The smallest absolute Gasteiger partial charge is 0.234 e. The van der Waals surface area contributed by atoms with E-state index in [2.05, 4.69) is 22.8 Å². The van der Waals surface area contributed by atoms with Crippen molar-refractivity contribution in [2.45, 2.75) is 13.8 Å². The molecule has 1 aromatic rings. The minimum atomic E-state index is -0.266. The highest BCUT2D eigenvalue weighted by Crippen LogP contribution is 2.09. The Bertz CT molecular complexity index is 267. The monoisotopic (exact) mass is 156 g/mol. The zero-order valence-electron chi connectivity index (χ0n) is 5.80. The second-order valence-corrected chi connectivity index (χ2v) is 2.52. The molecule has 0 spiro atoms. The lowest BCUT2D eigenvalue weighted by Gasteiger charge is -1.88. The van der Waals surface area contributed by atoms with E-state index in [0.717, 1.165) is 11.3 Å². The fourth-order valence-corrected chi connectivity index (χ4v) is 0.914. The number of thiol groups is 1. The topological polar surface area (TPSA) is 45.8 Å². The Labute approximate surface area is 64.2 Å². The molecule has 3 nitrogen and oxygen atoms in total. The molecule has 1 heterocycles. The van der Waals surface area contributed by atoms with Crippen molar-refractivity contribution < 1.29 is 4.79 Å². The lowest BCUT2D eigenvalue weighted by molar-refractivity contribution is 0.108. The highest BCUT2D eigenvalue weighted by atomic mass is 32.1. The third-order valence-corrected chi connectivity index (χ3v) is 1.69. The van der Waals surface area contributed by atoms with E-state index in [1.165, 1.54) is 0 Å². The zero-order chi connectivity index (χ0) is 7.72. The van der Waals surface area contributed by atoms with Crippen molar-refractivity contribution in [1.82, 2.24) is 10.2 Å². The van der Waals surface area contributed by atoms with Crippen molar-refractivity contribution in [3.05, 3.63) is 17.0 Å². The summed E-state index contributed by atoms with van der Waals surface area (Å²) in [7, 11) is 0. The van der Waals surface area contributed by atoms with Gasteiger partial charge in [0, 0.05) is 5.56 Å². The van der Waals surface area contributed by atoms with Crippen LogP contribution in [0, 0.1) is 13.8 Å². The molecule has 0 amide bonds. The molecule has 1 N–H and O–H groups in total. The lowest BCUT2D eigenvalue weighted by atomic mass is 10.2. The van der Waals surface area contributed by atoms with Gasteiger partial charge in [-0.05, 0) is 13.8 Å². The number of H-pyrrole nitrogens is 1. The quantitative estimate of drug-likeness (QED) is 0.598. The van der Waals surface area contributed by atoms with Gasteiger partial charge in [0.15, 0.2) is 0 Å². The van der Waals surface area contributed by atoms with Crippen LogP contribution in [-0.4, -0.2) is 15.3 Å². The van der Waals surface area contributed by atoms with Gasteiger partial charge >= 0.3 is 0 Å². The normalized spacial score (nSPS) is 9.90. The minimum absolute atomic E-state index is 0.266. The second kappa shape index (κ2) is 2.46. The summed E-state index contributed by atoms with van der Waals surface area (Å²) in [5.74, 6) is 0. The molecule has 10 heavy (non-hydrogen) atoms. The summed E-state index contributed by atoms with van der Waals surface area (Å²) in [6, 6.07) is 0. The average molecular weight is 156 g/mol. The van der Waals surface area contributed by atoms with Crippen LogP contribution in [-0.2, 0) is 0 Å². The average Bonchev–Trinajstić information content (AvgIpc) is 2.14. The predicted molar refractivity (Wildman–Crippen MR) is 41.4 cm³/mol. The van der Waals surface area contributed by atoms with Crippen molar-refractivity contribution in [1.29, 1.82) is 0 Å². The lowest BCUT2D eigenvalue weighted by Crippen LogP contribution is -1.91. The molecule has 0 unspecified atom stereocenters. The van der Waals surface area contributed by atoms with Crippen LogP contribution in [0.15, 0.2) is 0 Å². The first-order chi connectivity index (χ1) is 4.63. The number of hydrogen-bond donors (Lipinski definition) is 2. The molecule has 1 rings (SSSR count). The van der Waals surface area contributed by atoms with Crippen LogP contribution in [0.5, 0.6) is 0 Å². The van der Waals surface area contributed by atoms with Gasteiger partial charge in [0.05, 0.1) is 5.69 Å². The van der Waals surface area contributed by atoms with Crippen LogP contribution >= 0.6 is 12.6 Å². The van der Waals surface area contributed by atoms with Crippen LogP contribution in [0.2, 0.25) is 0 Å². The Morgan fingerprint density at radius 1 is 1.60 bits per heavy atom. The molecule has 0 aliphatic heterocycles. The number of aromatic amines is 1. The van der Waals surface area contributed by atoms with E-state index in [1.807, 2.05) is 13.8 Å². The fraction of sp³-hybridized carbons (Fsp3) is 0.333. The van der Waals surface area contributed by atoms with Gasteiger partial charge in [-0.25, -0.2) is 0 Å². The first-order valence-electron chi connectivity index (χ1n) is 2.87. The number of aromatic nitrogens is 2. The number of carbonyl (C=O) groups excluding carboxylic acids is 1. The number of nitrogens with one attached hydrogen (secondary N) is 1. The minimum Gasteiger partial charge on any atom is -0.280 e. The van der Waals surface area contributed by atoms with Crippen molar-refractivity contribution in [3.63, 3.8) is 0 Å². The van der Waals surface area contributed by atoms with Crippen LogP contribution in [0.3, 0.4) is 0 Å². The van der Waals surface area contributed by atoms with Crippen molar-refractivity contribution in [2.24, 2.45) is 0 Å². The summed E-state index contributed by atoms with van der Waals surface area (Å²) in [6.07, 6.45) is 0. The molecule has 0 aliphatic rings. The predicted octanol–water partition coefficient (Wildman–Crippen LogP) is 1.10. The summed E-state index contributed by atoms with van der Waals surface area (Å²) < 4.78 is 0. The first-order valence-corrected chi connectivity index (χ1v) is 3.32. The maximum atomic E-state index is 10.7. The van der Waals surface area contributed by atoms with E-state index in [-0.39, 0.29) is 5.12 Å². The standard InChI is InChI=1S/C6H8N2OS/c1-3-4(2)7-8-5(3)6(9)10/h1-2H3,(H,7,8)(H,9,10). The van der Waals surface area contributed by atoms with E-state index in [4.69, 9.17) is 0 Å². The van der Waals surface area contributed by atoms with E-state index >= 15 is 0 Å². The molecule has 4 heteroatoms. The van der Waals surface area contributed by atoms with Gasteiger partial charge in [0.2, 0.25) is 5.12 Å². The number of carbonyl (C=O) groups is 1. The van der Waals surface area contributed by atoms with Crippen LogP contribution in [0.1, 0.15) is 21.7 Å². The van der Waals surface area contributed by atoms with Gasteiger partial charge in [-0.1, -0.05) is 12.6 Å². The summed E-state index contributed by atoms with van der Waals surface area (Å²) in [5, 5.41) is 6.17. The molecule has 0 saturated heterocycles. The summed E-state index contributed by atoms with van der Waals surface area (Å²) in [4.78, 5) is 10.7. The number of hydrogen-bond acceptors (Lipinski definition) is 2. The van der Waals surface area contributed by atoms with E-state index in [1.54, 1.807) is 0 Å². The summed E-state index contributed by atoms with van der Waals surface area (Å²) in [6.45, 7) is 3.67. The van der Waals surface area contributed by atoms with Crippen molar-refractivity contribution in [3.8, 4) is 0 Å². The number of nitrogens with zero attached hydrogens (tertiary/aromatic N) is 1. The van der Waals surface area contributed by atoms with Gasteiger partial charge in [-0.2, -0.15) is 5.10 Å². The van der Waals surface area contributed by atoms with Crippen molar-refractivity contribution >= 4 is 17.7 Å². The van der Waals surface area contributed by atoms with Crippen molar-refractivity contribution in [2.75, 3.05) is 0 Å². The van der Waals surface area contributed by atoms with E-state index in [0.29, 0.717) is 5.69 Å². The van der Waals surface area contributed by atoms with E-state index in [9.17, 15) is 4.79 Å². The van der Waals surface area contributed by atoms with Gasteiger partial charge in [0.25, 0.3) is 0 Å². The molecule has 1 aromatic heterocycles. The maximum Gasteiger partial charge on any atom is 0.234 e. The van der Waals surface area contributed by atoms with E-state index < -0.39 is 0 Å². The largest absolute Gasteiger partial charge is 0.280 e. The molecule has 0 saturated carbocycles. The molecule has 54 valence electrons. The molecule has 0 bridgehead atoms. The Morgan fingerprint density at radius 3 is 2.40 bits per heavy atom. The molecule has 0 fully saturated rings. The summed E-state index contributed by atoms with van der Waals surface area (Å²) in [5.41, 5.74) is 2.21. The van der Waals surface area contributed by atoms with Crippen LogP contribution < -0.4 is 0 Å². The van der Waals surface area contributed by atoms with Gasteiger partial charge in [-0.15, -0.1) is 0 Å². The third kappa shape index (κ3) is 1.07. The van der Waals surface area contributed by atoms with Crippen LogP contribution in [0.4, 0.5) is 0 Å². The Kier molecular flexibility index (Phi) is 1.80. The molecule has 0 aliphatic carbocycles. The number of rotatable bonds is 1. The SMILES string of the molecule is Cc1n[nH]c(C(=O)S)c1C. The highest BCUT2D eigenvalue weighted by Gasteiger charge is 2.08. The maximum absolute atomic E-state index is 10.7. The number of aryl methyl sites for hydroxylation is 1. The molecule has 0 aromatic carbocycles. The summed E-state index contributed by atoms with van der Waals surface area (Å²) >= 11 is 3.66. The third-order valence-electron chi connectivity index (χ3n) is 1.47. The molecule has 0 atom stereocenters. The molecular weight excluding hydrogens is 148 g/mol. The van der Waals surface area contributed by atoms with Crippen LogP contribution in [0.25, 0.3) is 0 Å². The zero-order valence-corrected chi connectivity index (χ0v) is 6.70. The Balaban J connectivity index is 3.17. The molecular formula is C6H8N2OS. The first kappa shape index (κ1) is 7.34. The van der Waals surface area contributed by atoms with Gasteiger partial charge in [-0.3, -0.25) is 9.89 Å². The second-order valence-electron chi connectivity index (χ2n) is 2.11. The Morgan fingerprint density at radius 2 is 2.20 bits per heavy atom. The fourth-order valence-electron chi connectivity index (χ4n) is 0.697. The Hall–Kier alpha value is -0.770. The highest BCUT2D eigenvalue weighted by molar-refractivity contribution is 7.97. The van der Waals surface area contributed by atoms with Gasteiger partial charge in [0.1, 0.15) is 5.69 Å². The molecule has 0 radical (unpaired) electrons. The van der Waals surface area contributed by atoms with Gasteiger partial charge < -0.3 is 0 Å².